The molecular formula is C15H16BrN3O3S. The predicted octanol–water partition coefficient (Wildman–Crippen LogP) is 2.28. The molecule has 0 fully saturated rings. The highest BCUT2D eigenvalue weighted by Crippen LogP contribution is 2.23. The molecule has 1 aliphatic carbocycles. The number of halogens is 1. The number of H-pyrrole nitrogens is 1. The van der Waals surface area contributed by atoms with E-state index in [0.29, 0.717) is 4.47 Å². The Morgan fingerprint density at radius 1 is 1.13 bits per heavy atom. The summed E-state index contributed by atoms with van der Waals surface area (Å²) in [6, 6.07) is 6.67. The van der Waals surface area contributed by atoms with E-state index in [9.17, 15) is 13.2 Å². The van der Waals surface area contributed by atoms with Gasteiger partial charge in [-0.25, -0.2) is 8.42 Å². The molecule has 0 radical (unpaired) electrons. The van der Waals surface area contributed by atoms with Crippen LogP contribution in [0.2, 0.25) is 0 Å². The molecule has 0 spiro atoms. The number of sulfonamides is 1. The maximum Gasteiger partial charge on any atom is 0.282 e. The van der Waals surface area contributed by atoms with Crippen molar-refractivity contribution in [2.75, 3.05) is 0 Å². The minimum Gasteiger partial charge on any atom is -0.356 e. The zero-order valence-corrected chi connectivity index (χ0v) is 14.6. The van der Waals surface area contributed by atoms with Gasteiger partial charge in [-0.1, -0.05) is 6.07 Å². The van der Waals surface area contributed by atoms with Crippen molar-refractivity contribution in [2.45, 2.75) is 30.6 Å². The largest absolute Gasteiger partial charge is 0.356 e. The van der Waals surface area contributed by atoms with Gasteiger partial charge in [0.05, 0.1) is 4.90 Å². The van der Waals surface area contributed by atoms with Gasteiger partial charge in [0.2, 0.25) is 0 Å². The maximum atomic E-state index is 12.3. The lowest BCUT2D eigenvalue weighted by atomic mass is 9.92. The fourth-order valence-corrected chi connectivity index (χ4v) is 3.85. The SMILES string of the molecule is O=C(NNS(=O)(=O)c1ccc2c(c1)CCCC2)c1cc(Br)c[nH]1. The Kier molecular flexibility index (Phi) is 4.56. The van der Waals surface area contributed by atoms with E-state index >= 15 is 0 Å². The summed E-state index contributed by atoms with van der Waals surface area (Å²) in [5, 5.41) is 0. The molecule has 0 bridgehead atoms. The molecule has 23 heavy (non-hydrogen) atoms. The summed E-state index contributed by atoms with van der Waals surface area (Å²) in [6.45, 7) is 0. The van der Waals surface area contributed by atoms with Crippen LogP contribution >= 0.6 is 15.9 Å². The molecule has 6 nitrogen and oxygen atoms in total. The Bertz CT molecular complexity index is 845. The average molecular weight is 398 g/mol. The van der Waals surface area contributed by atoms with Crippen LogP contribution in [0.4, 0.5) is 0 Å². The lowest BCUT2D eigenvalue weighted by molar-refractivity contribution is 0.0940. The summed E-state index contributed by atoms with van der Waals surface area (Å²) in [6.07, 6.45) is 5.68. The third-order valence-electron chi connectivity index (χ3n) is 3.82. The number of fused-ring (bicyclic) bond motifs is 1. The molecule has 3 N–H and O–H groups in total. The number of nitrogens with one attached hydrogen (secondary N) is 3. The van der Waals surface area contributed by atoms with Gasteiger partial charge in [-0.15, -0.1) is 4.83 Å². The van der Waals surface area contributed by atoms with E-state index < -0.39 is 15.9 Å². The number of carbonyl (C=O) groups excluding carboxylic acids is 1. The fraction of sp³-hybridized carbons (Fsp3) is 0.267. The highest BCUT2D eigenvalue weighted by molar-refractivity contribution is 9.10. The van der Waals surface area contributed by atoms with Gasteiger partial charge in [-0.05, 0) is 70.9 Å². The molecule has 0 unspecified atom stereocenters. The first-order chi connectivity index (χ1) is 11.0. The molecule has 0 saturated heterocycles. The van der Waals surface area contributed by atoms with Gasteiger partial charge in [0, 0.05) is 10.7 Å². The molecular weight excluding hydrogens is 382 g/mol. The maximum absolute atomic E-state index is 12.3. The Hall–Kier alpha value is -1.64. The van der Waals surface area contributed by atoms with Crippen LogP contribution in [-0.4, -0.2) is 19.3 Å². The van der Waals surface area contributed by atoms with Crippen molar-refractivity contribution in [1.82, 2.24) is 15.2 Å². The molecule has 0 saturated carbocycles. The number of aromatic nitrogens is 1. The molecule has 0 atom stereocenters. The van der Waals surface area contributed by atoms with Gasteiger partial charge >= 0.3 is 0 Å². The number of hydrazine groups is 1. The Balaban J connectivity index is 1.73. The van der Waals surface area contributed by atoms with Gasteiger partial charge in [0.15, 0.2) is 0 Å². The van der Waals surface area contributed by atoms with E-state index in [2.05, 4.69) is 31.2 Å². The predicted molar refractivity (Wildman–Crippen MR) is 89.4 cm³/mol. The third kappa shape index (κ3) is 3.65. The van der Waals surface area contributed by atoms with Crippen molar-refractivity contribution >= 4 is 31.9 Å². The van der Waals surface area contributed by atoms with E-state index in [-0.39, 0.29) is 10.6 Å². The third-order valence-corrected chi connectivity index (χ3v) is 5.52. The smallest absolute Gasteiger partial charge is 0.282 e. The Morgan fingerprint density at radius 2 is 1.87 bits per heavy atom. The lowest BCUT2D eigenvalue weighted by Crippen LogP contribution is -2.41. The van der Waals surface area contributed by atoms with Crippen LogP contribution in [-0.2, 0) is 22.9 Å². The van der Waals surface area contributed by atoms with E-state index in [1.54, 1.807) is 24.4 Å². The van der Waals surface area contributed by atoms with E-state index in [1.165, 1.54) is 5.56 Å². The van der Waals surface area contributed by atoms with Crippen molar-refractivity contribution in [3.8, 4) is 0 Å². The minimum absolute atomic E-state index is 0.158. The molecule has 1 heterocycles. The number of amides is 1. The normalized spacial score (nSPS) is 14.3. The first-order valence-corrected chi connectivity index (χ1v) is 9.51. The monoisotopic (exact) mass is 397 g/mol. The molecule has 1 amide bonds. The lowest BCUT2D eigenvalue weighted by Gasteiger charge is -2.16. The quantitative estimate of drug-likeness (QED) is 0.691. The summed E-state index contributed by atoms with van der Waals surface area (Å²) in [5.74, 6) is -0.558. The van der Waals surface area contributed by atoms with Crippen molar-refractivity contribution in [2.24, 2.45) is 0 Å². The van der Waals surface area contributed by atoms with Gasteiger partial charge in [-0.3, -0.25) is 10.2 Å². The van der Waals surface area contributed by atoms with Crippen LogP contribution in [0.15, 0.2) is 39.8 Å². The van der Waals surface area contributed by atoms with Crippen LogP contribution in [0, 0.1) is 0 Å². The van der Waals surface area contributed by atoms with Crippen LogP contribution in [0.1, 0.15) is 34.5 Å². The molecule has 1 aromatic carbocycles. The molecule has 8 heteroatoms. The Labute approximate surface area is 142 Å². The second-order valence-electron chi connectivity index (χ2n) is 5.43. The molecule has 3 rings (SSSR count). The number of carbonyl (C=O) groups is 1. The molecule has 1 aliphatic rings. The first-order valence-electron chi connectivity index (χ1n) is 7.23. The second-order valence-corrected chi connectivity index (χ2v) is 8.03. The summed E-state index contributed by atoms with van der Waals surface area (Å²) in [5.41, 5.74) is 4.73. The van der Waals surface area contributed by atoms with Gasteiger partial charge in [-0.2, -0.15) is 0 Å². The highest BCUT2D eigenvalue weighted by atomic mass is 79.9. The summed E-state index contributed by atoms with van der Waals surface area (Å²) >= 11 is 3.21. The van der Waals surface area contributed by atoms with Crippen molar-refractivity contribution in [3.63, 3.8) is 0 Å². The molecule has 1 aromatic heterocycles. The van der Waals surface area contributed by atoms with Crippen LogP contribution < -0.4 is 10.3 Å². The van der Waals surface area contributed by atoms with Crippen LogP contribution in [0.3, 0.4) is 0 Å². The topological polar surface area (TPSA) is 91.1 Å². The van der Waals surface area contributed by atoms with E-state index in [1.807, 2.05) is 6.07 Å². The number of aromatic amines is 1. The highest BCUT2D eigenvalue weighted by Gasteiger charge is 2.19. The van der Waals surface area contributed by atoms with Gasteiger partial charge in [0.25, 0.3) is 15.9 Å². The molecule has 122 valence electrons. The first kappa shape index (κ1) is 16.2. The number of hydrogen-bond acceptors (Lipinski definition) is 3. The molecule has 2 aromatic rings. The average Bonchev–Trinajstić information content (AvgIpc) is 2.99. The summed E-state index contributed by atoms with van der Waals surface area (Å²) in [7, 11) is -3.80. The standard InChI is InChI=1S/C15H16BrN3O3S/c16-12-8-14(17-9-12)15(20)18-19-23(21,22)13-6-5-10-3-1-2-4-11(10)7-13/h5-9,17,19H,1-4H2,(H,18,20). The van der Waals surface area contributed by atoms with Gasteiger partial charge < -0.3 is 4.98 Å². The Morgan fingerprint density at radius 3 is 2.57 bits per heavy atom. The second kappa shape index (κ2) is 6.46. The number of rotatable bonds is 4. The number of hydrogen-bond donors (Lipinski definition) is 3. The van der Waals surface area contributed by atoms with Crippen LogP contribution in [0.25, 0.3) is 0 Å². The summed E-state index contributed by atoms with van der Waals surface area (Å²) < 4.78 is 25.3. The van der Waals surface area contributed by atoms with Gasteiger partial charge in [0.1, 0.15) is 5.69 Å². The number of aryl methyl sites for hydroxylation is 2. The minimum atomic E-state index is -3.80. The summed E-state index contributed by atoms with van der Waals surface area (Å²) in [4.78, 5) is 16.9. The fourth-order valence-electron chi connectivity index (χ4n) is 2.62. The van der Waals surface area contributed by atoms with Crippen molar-refractivity contribution < 1.29 is 13.2 Å². The zero-order chi connectivity index (χ0) is 16.4. The number of benzene rings is 1. The van der Waals surface area contributed by atoms with E-state index in [4.69, 9.17) is 0 Å². The van der Waals surface area contributed by atoms with Crippen LogP contribution in [0.5, 0.6) is 0 Å². The van der Waals surface area contributed by atoms with Crippen molar-refractivity contribution in [3.05, 3.63) is 51.8 Å². The van der Waals surface area contributed by atoms with E-state index in [0.717, 1.165) is 31.2 Å². The zero-order valence-electron chi connectivity index (χ0n) is 12.2. The molecule has 0 aliphatic heterocycles. The van der Waals surface area contributed by atoms with Crippen molar-refractivity contribution in [1.29, 1.82) is 0 Å².